The lowest BCUT2D eigenvalue weighted by molar-refractivity contribution is 0.100. The molecule has 1 aromatic carbocycles. The molecule has 0 unspecified atom stereocenters. The van der Waals surface area contributed by atoms with Gasteiger partial charge in [-0.25, -0.2) is 0 Å². The first-order valence-corrected chi connectivity index (χ1v) is 3.80. The maximum Gasteiger partial charge on any atom is 0.250 e. The van der Waals surface area contributed by atoms with Crippen molar-refractivity contribution in [1.82, 2.24) is 0 Å². The van der Waals surface area contributed by atoms with Gasteiger partial charge in [0.05, 0.1) is 10.6 Å². The summed E-state index contributed by atoms with van der Waals surface area (Å²) >= 11 is 5.76. The van der Waals surface area contributed by atoms with Crippen LogP contribution in [0.4, 0.5) is 5.69 Å². The van der Waals surface area contributed by atoms with E-state index in [-0.39, 0.29) is 0 Å². The van der Waals surface area contributed by atoms with Crippen molar-refractivity contribution in [3.8, 4) is 0 Å². The molecule has 0 aliphatic heterocycles. The van der Waals surface area contributed by atoms with E-state index in [1.807, 2.05) is 0 Å². The number of amides is 1. The molecule has 0 aromatic heterocycles. The number of anilines is 1. The Balaban J connectivity index is 3.12. The lowest BCUT2D eigenvalue weighted by Crippen LogP contribution is -2.11. The van der Waals surface area contributed by atoms with Gasteiger partial charge in [0.15, 0.2) is 0 Å². The molecule has 64 valence electrons. The van der Waals surface area contributed by atoms with Gasteiger partial charge >= 0.3 is 0 Å². The Morgan fingerprint density at radius 2 is 2.25 bits per heavy atom. The van der Waals surface area contributed by atoms with E-state index in [0.717, 1.165) is 5.69 Å². The number of hydrogen-bond acceptors (Lipinski definition) is 2. The fourth-order valence-electron chi connectivity index (χ4n) is 0.870. The Morgan fingerprint density at radius 1 is 1.58 bits per heavy atom. The number of benzene rings is 1. The second-order valence-electron chi connectivity index (χ2n) is 2.31. The predicted molar refractivity (Wildman–Crippen MR) is 49.5 cm³/mol. The summed E-state index contributed by atoms with van der Waals surface area (Å²) in [5.41, 5.74) is 6.26. The van der Waals surface area contributed by atoms with Gasteiger partial charge in [0.1, 0.15) is 0 Å². The third-order valence-corrected chi connectivity index (χ3v) is 1.84. The summed E-state index contributed by atoms with van der Waals surface area (Å²) in [5, 5.41) is 3.27. The molecule has 0 aliphatic rings. The standard InChI is InChI=1S/C8H9ClN2O/c1-11-5-2-3-6(8(10)12)7(9)4-5/h2-4,11H,1H3,(H2,10,12). The van der Waals surface area contributed by atoms with Crippen LogP contribution in [0.15, 0.2) is 18.2 Å². The third-order valence-electron chi connectivity index (χ3n) is 1.52. The molecular weight excluding hydrogens is 176 g/mol. The number of halogens is 1. The second-order valence-corrected chi connectivity index (χ2v) is 2.72. The fourth-order valence-corrected chi connectivity index (χ4v) is 1.14. The molecule has 3 N–H and O–H groups in total. The first-order chi connectivity index (χ1) is 5.65. The van der Waals surface area contributed by atoms with Gasteiger partial charge in [-0.1, -0.05) is 11.6 Å². The van der Waals surface area contributed by atoms with E-state index in [2.05, 4.69) is 5.32 Å². The molecule has 3 nitrogen and oxygen atoms in total. The zero-order chi connectivity index (χ0) is 9.14. The molecule has 0 bridgehead atoms. The maximum atomic E-state index is 10.7. The average Bonchev–Trinajstić information content (AvgIpc) is 2.03. The van der Waals surface area contributed by atoms with Crippen molar-refractivity contribution in [2.24, 2.45) is 5.73 Å². The number of carbonyl (C=O) groups excluding carboxylic acids is 1. The number of primary amides is 1. The van der Waals surface area contributed by atoms with E-state index < -0.39 is 5.91 Å². The van der Waals surface area contributed by atoms with Crippen molar-refractivity contribution in [2.45, 2.75) is 0 Å². The molecule has 4 heteroatoms. The lowest BCUT2D eigenvalue weighted by Gasteiger charge is -2.02. The molecule has 0 saturated carbocycles. The van der Waals surface area contributed by atoms with Crippen LogP contribution in [0.5, 0.6) is 0 Å². The van der Waals surface area contributed by atoms with Gasteiger partial charge < -0.3 is 11.1 Å². The topological polar surface area (TPSA) is 55.1 Å². The van der Waals surface area contributed by atoms with Gasteiger partial charge in [-0.05, 0) is 18.2 Å². The summed E-state index contributed by atoms with van der Waals surface area (Å²) in [6.45, 7) is 0. The number of nitrogens with two attached hydrogens (primary N) is 1. The Hall–Kier alpha value is -1.22. The quantitative estimate of drug-likeness (QED) is 0.732. The van der Waals surface area contributed by atoms with E-state index in [4.69, 9.17) is 17.3 Å². The molecule has 0 fully saturated rings. The van der Waals surface area contributed by atoms with E-state index in [1.165, 1.54) is 0 Å². The first-order valence-electron chi connectivity index (χ1n) is 3.42. The summed E-state index contributed by atoms with van der Waals surface area (Å²) in [6, 6.07) is 4.99. The van der Waals surface area contributed by atoms with Crippen LogP contribution < -0.4 is 11.1 Å². The predicted octanol–water partition coefficient (Wildman–Crippen LogP) is 1.48. The highest BCUT2D eigenvalue weighted by Crippen LogP contribution is 2.19. The smallest absolute Gasteiger partial charge is 0.250 e. The number of hydrogen-bond donors (Lipinski definition) is 2. The lowest BCUT2D eigenvalue weighted by atomic mass is 10.2. The van der Waals surface area contributed by atoms with Crippen molar-refractivity contribution in [3.63, 3.8) is 0 Å². The van der Waals surface area contributed by atoms with Crippen LogP contribution in [-0.2, 0) is 0 Å². The van der Waals surface area contributed by atoms with Gasteiger partial charge in [-0.3, -0.25) is 4.79 Å². The van der Waals surface area contributed by atoms with Crippen molar-refractivity contribution >= 4 is 23.2 Å². The van der Waals surface area contributed by atoms with E-state index in [0.29, 0.717) is 10.6 Å². The van der Waals surface area contributed by atoms with Crippen LogP contribution in [0.2, 0.25) is 5.02 Å². The minimum atomic E-state index is -0.511. The van der Waals surface area contributed by atoms with Crippen molar-refractivity contribution in [1.29, 1.82) is 0 Å². The monoisotopic (exact) mass is 184 g/mol. The summed E-state index contributed by atoms with van der Waals surface area (Å²) in [4.78, 5) is 10.7. The van der Waals surface area contributed by atoms with E-state index >= 15 is 0 Å². The fraction of sp³-hybridized carbons (Fsp3) is 0.125. The Morgan fingerprint density at radius 3 is 2.67 bits per heavy atom. The largest absolute Gasteiger partial charge is 0.388 e. The number of nitrogens with one attached hydrogen (secondary N) is 1. The van der Waals surface area contributed by atoms with Crippen molar-refractivity contribution in [3.05, 3.63) is 28.8 Å². The average molecular weight is 185 g/mol. The Bertz CT molecular complexity index is 312. The second kappa shape index (κ2) is 3.45. The van der Waals surface area contributed by atoms with Gasteiger partial charge in [0.2, 0.25) is 5.91 Å². The highest BCUT2D eigenvalue weighted by Gasteiger charge is 2.05. The first kappa shape index (κ1) is 8.87. The van der Waals surface area contributed by atoms with Crippen molar-refractivity contribution < 1.29 is 4.79 Å². The highest BCUT2D eigenvalue weighted by atomic mass is 35.5. The van der Waals surface area contributed by atoms with Crippen LogP contribution in [0.25, 0.3) is 0 Å². The molecule has 0 radical (unpaired) electrons. The molecular formula is C8H9ClN2O. The molecule has 1 rings (SSSR count). The minimum absolute atomic E-state index is 0.343. The highest BCUT2D eigenvalue weighted by molar-refractivity contribution is 6.34. The molecule has 0 atom stereocenters. The van der Waals surface area contributed by atoms with Crippen LogP contribution in [0, 0.1) is 0 Å². The Labute approximate surface area is 75.5 Å². The molecule has 0 spiro atoms. The molecule has 0 aliphatic carbocycles. The molecule has 1 aromatic rings. The SMILES string of the molecule is CNc1ccc(C(N)=O)c(Cl)c1. The molecule has 12 heavy (non-hydrogen) atoms. The van der Waals surface area contributed by atoms with Gasteiger partial charge in [-0.2, -0.15) is 0 Å². The third kappa shape index (κ3) is 1.68. The van der Waals surface area contributed by atoms with Crippen molar-refractivity contribution in [2.75, 3.05) is 12.4 Å². The van der Waals surface area contributed by atoms with Gasteiger partial charge in [-0.15, -0.1) is 0 Å². The van der Waals surface area contributed by atoms with Crippen LogP contribution in [-0.4, -0.2) is 13.0 Å². The summed E-state index contributed by atoms with van der Waals surface area (Å²) < 4.78 is 0. The summed E-state index contributed by atoms with van der Waals surface area (Å²) in [5.74, 6) is -0.511. The maximum absolute atomic E-state index is 10.7. The van der Waals surface area contributed by atoms with Crippen LogP contribution >= 0.6 is 11.6 Å². The number of rotatable bonds is 2. The zero-order valence-electron chi connectivity index (χ0n) is 6.60. The zero-order valence-corrected chi connectivity index (χ0v) is 7.35. The molecule has 0 saturated heterocycles. The number of carbonyl (C=O) groups is 1. The summed E-state index contributed by atoms with van der Waals surface area (Å²) in [7, 11) is 1.77. The van der Waals surface area contributed by atoms with Crippen LogP contribution in [0.3, 0.4) is 0 Å². The van der Waals surface area contributed by atoms with Gasteiger partial charge in [0, 0.05) is 12.7 Å². The molecule has 1 amide bonds. The Kier molecular flexibility index (Phi) is 2.55. The minimum Gasteiger partial charge on any atom is -0.388 e. The van der Waals surface area contributed by atoms with Gasteiger partial charge in [0.25, 0.3) is 0 Å². The normalized spacial score (nSPS) is 9.50. The summed E-state index contributed by atoms with van der Waals surface area (Å²) in [6.07, 6.45) is 0. The van der Waals surface area contributed by atoms with E-state index in [9.17, 15) is 4.79 Å². The van der Waals surface area contributed by atoms with Crippen LogP contribution in [0.1, 0.15) is 10.4 Å². The van der Waals surface area contributed by atoms with E-state index in [1.54, 1.807) is 25.2 Å². The molecule has 0 heterocycles.